The fourth-order valence-electron chi connectivity index (χ4n) is 2.39. The molecule has 1 atom stereocenters. The van der Waals surface area contributed by atoms with Crippen LogP contribution in [-0.4, -0.2) is 43.6 Å². The monoisotopic (exact) mass is 296 g/mol. The molecule has 1 aromatic heterocycles. The highest BCUT2D eigenvalue weighted by atomic mass is 32.1. The molecule has 0 aliphatic carbocycles. The molecule has 110 valence electrons. The van der Waals surface area contributed by atoms with Gasteiger partial charge in [-0.05, 0) is 30.7 Å². The van der Waals surface area contributed by atoms with Crippen LogP contribution in [0.25, 0.3) is 0 Å². The van der Waals surface area contributed by atoms with E-state index in [0.29, 0.717) is 19.6 Å². The summed E-state index contributed by atoms with van der Waals surface area (Å²) in [6, 6.07) is 4.08. The first-order valence-corrected chi connectivity index (χ1v) is 7.71. The number of piperidine rings is 1. The van der Waals surface area contributed by atoms with E-state index in [1.165, 1.54) is 12.0 Å². The highest BCUT2D eigenvalue weighted by Crippen LogP contribution is 2.17. The number of rotatable bonds is 4. The van der Waals surface area contributed by atoms with Crippen LogP contribution in [0.4, 0.5) is 4.79 Å². The second-order valence-corrected chi connectivity index (χ2v) is 5.91. The summed E-state index contributed by atoms with van der Waals surface area (Å²) in [6.45, 7) is 1.78. The van der Waals surface area contributed by atoms with Gasteiger partial charge in [0.1, 0.15) is 0 Å². The minimum absolute atomic E-state index is 0.0372. The van der Waals surface area contributed by atoms with E-state index in [1.54, 1.807) is 16.2 Å². The molecular formula is C14H20N2O3S. The van der Waals surface area contributed by atoms with Crippen molar-refractivity contribution in [2.24, 2.45) is 5.92 Å². The van der Waals surface area contributed by atoms with Crippen LogP contribution in [0.3, 0.4) is 0 Å². The van der Waals surface area contributed by atoms with Crippen molar-refractivity contribution in [1.29, 1.82) is 0 Å². The molecule has 0 radical (unpaired) electrons. The molecule has 1 aliphatic heterocycles. The Hall–Kier alpha value is -1.56. The molecule has 1 aromatic rings. The van der Waals surface area contributed by atoms with Gasteiger partial charge < -0.3 is 15.0 Å². The van der Waals surface area contributed by atoms with E-state index in [2.05, 4.69) is 11.4 Å². The van der Waals surface area contributed by atoms with Crippen LogP contribution in [0.2, 0.25) is 0 Å². The molecule has 5 nitrogen and oxygen atoms in total. The van der Waals surface area contributed by atoms with Crippen LogP contribution in [0.5, 0.6) is 0 Å². The van der Waals surface area contributed by atoms with Crippen LogP contribution in [0, 0.1) is 5.92 Å². The maximum atomic E-state index is 12.1. The van der Waals surface area contributed by atoms with E-state index in [4.69, 9.17) is 4.74 Å². The fourth-order valence-corrected chi connectivity index (χ4v) is 3.10. The van der Waals surface area contributed by atoms with Crippen molar-refractivity contribution in [1.82, 2.24) is 10.2 Å². The standard InChI is InChI=1S/C14H20N2O3S/c1-19-14(18)16-8-2-4-11(10-16)13(17)15-7-6-12-5-3-9-20-12/h3,5,9,11H,2,4,6-8,10H2,1H3,(H,15,17). The molecule has 1 unspecified atom stereocenters. The number of ether oxygens (including phenoxy) is 1. The first kappa shape index (κ1) is 14.8. The van der Waals surface area contributed by atoms with Crippen molar-refractivity contribution in [3.8, 4) is 0 Å². The highest BCUT2D eigenvalue weighted by Gasteiger charge is 2.28. The number of carbonyl (C=O) groups excluding carboxylic acids is 2. The summed E-state index contributed by atoms with van der Waals surface area (Å²) in [7, 11) is 1.37. The van der Waals surface area contributed by atoms with Gasteiger partial charge in [-0.2, -0.15) is 0 Å². The van der Waals surface area contributed by atoms with E-state index in [0.717, 1.165) is 19.3 Å². The largest absolute Gasteiger partial charge is 0.453 e. The molecule has 0 saturated carbocycles. The molecular weight excluding hydrogens is 276 g/mol. The number of likely N-dealkylation sites (tertiary alicyclic amines) is 1. The number of thiophene rings is 1. The molecule has 2 heterocycles. The molecule has 0 bridgehead atoms. The van der Waals surface area contributed by atoms with E-state index >= 15 is 0 Å². The lowest BCUT2D eigenvalue weighted by atomic mass is 9.97. The van der Waals surface area contributed by atoms with Gasteiger partial charge in [0.2, 0.25) is 5.91 Å². The zero-order valence-electron chi connectivity index (χ0n) is 11.6. The molecule has 2 rings (SSSR count). The topological polar surface area (TPSA) is 58.6 Å². The van der Waals surface area contributed by atoms with Crippen molar-refractivity contribution in [2.75, 3.05) is 26.7 Å². The Kier molecular flexibility index (Phi) is 5.40. The maximum Gasteiger partial charge on any atom is 0.409 e. The Bertz CT molecular complexity index is 447. The number of hydrogen-bond donors (Lipinski definition) is 1. The average Bonchev–Trinajstić information content (AvgIpc) is 2.99. The second kappa shape index (κ2) is 7.28. The molecule has 1 aliphatic rings. The molecule has 0 aromatic carbocycles. The Morgan fingerprint density at radius 3 is 3.10 bits per heavy atom. The summed E-state index contributed by atoms with van der Waals surface area (Å²) in [5.74, 6) is -0.0821. The van der Waals surface area contributed by atoms with Crippen LogP contribution in [0.1, 0.15) is 17.7 Å². The summed E-state index contributed by atoms with van der Waals surface area (Å²) in [5, 5.41) is 4.99. The normalized spacial score (nSPS) is 18.6. The summed E-state index contributed by atoms with van der Waals surface area (Å²) in [5.41, 5.74) is 0. The number of amides is 2. The van der Waals surface area contributed by atoms with Gasteiger partial charge in [0, 0.05) is 24.5 Å². The van der Waals surface area contributed by atoms with Gasteiger partial charge in [0.15, 0.2) is 0 Å². The first-order chi connectivity index (χ1) is 9.70. The lowest BCUT2D eigenvalue weighted by Gasteiger charge is -2.30. The first-order valence-electron chi connectivity index (χ1n) is 6.83. The van der Waals surface area contributed by atoms with Gasteiger partial charge in [-0.15, -0.1) is 11.3 Å². The average molecular weight is 296 g/mol. The van der Waals surface area contributed by atoms with Gasteiger partial charge in [0.05, 0.1) is 13.0 Å². The number of nitrogens with zero attached hydrogens (tertiary/aromatic N) is 1. The third kappa shape index (κ3) is 3.96. The predicted molar refractivity (Wildman–Crippen MR) is 77.7 cm³/mol. The quantitative estimate of drug-likeness (QED) is 0.923. The lowest BCUT2D eigenvalue weighted by molar-refractivity contribution is -0.126. The smallest absolute Gasteiger partial charge is 0.409 e. The number of hydrogen-bond acceptors (Lipinski definition) is 4. The minimum Gasteiger partial charge on any atom is -0.453 e. The zero-order chi connectivity index (χ0) is 14.4. The van der Waals surface area contributed by atoms with E-state index in [9.17, 15) is 9.59 Å². The molecule has 1 fully saturated rings. The van der Waals surface area contributed by atoms with Crippen molar-refractivity contribution in [2.45, 2.75) is 19.3 Å². The third-order valence-corrected chi connectivity index (χ3v) is 4.41. The lowest BCUT2D eigenvalue weighted by Crippen LogP contribution is -2.45. The second-order valence-electron chi connectivity index (χ2n) is 4.88. The van der Waals surface area contributed by atoms with Gasteiger partial charge >= 0.3 is 6.09 Å². The Labute approximate surface area is 122 Å². The fraction of sp³-hybridized carbons (Fsp3) is 0.571. The third-order valence-electron chi connectivity index (χ3n) is 3.48. The van der Waals surface area contributed by atoms with Gasteiger partial charge in [-0.3, -0.25) is 4.79 Å². The molecule has 6 heteroatoms. The van der Waals surface area contributed by atoms with Gasteiger partial charge in [-0.1, -0.05) is 6.07 Å². The number of methoxy groups -OCH3 is 1. The van der Waals surface area contributed by atoms with Gasteiger partial charge in [-0.25, -0.2) is 4.79 Å². The van der Waals surface area contributed by atoms with Crippen molar-refractivity contribution in [3.63, 3.8) is 0 Å². The Balaban J connectivity index is 1.75. The van der Waals surface area contributed by atoms with E-state index < -0.39 is 0 Å². The minimum atomic E-state index is -0.346. The van der Waals surface area contributed by atoms with E-state index in [1.807, 2.05) is 11.4 Å². The van der Waals surface area contributed by atoms with Crippen molar-refractivity contribution < 1.29 is 14.3 Å². The number of nitrogens with one attached hydrogen (secondary N) is 1. The van der Waals surface area contributed by atoms with Crippen LogP contribution in [-0.2, 0) is 16.0 Å². The molecule has 1 saturated heterocycles. The van der Waals surface area contributed by atoms with Crippen molar-refractivity contribution >= 4 is 23.3 Å². The van der Waals surface area contributed by atoms with Crippen LogP contribution in [0.15, 0.2) is 17.5 Å². The van der Waals surface area contributed by atoms with E-state index in [-0.39, 0.29) is 17.9 Å². The molecule has 0 spiro atoms. The Morgan fingerprint density at radius 2 is 2.40 bits per heavy atom. The maximum absolute atomic E-state index is 12.1. The van der Waals surface area contributed by atoms with Gasteiger partial charge in [0.25, 0.3) is 0 Å². The number of carbonyl (C=O) groups is 2. The highest BCUT2D eigenvalue weighted by molar-refractivity contribution is 7.09. The molecule has 20 heavy (non-hydrogen) atoms. The zero-order valence-corrected chi connectivity index (χ0v) is 12.4. The molecule has 2 amide bonds. The van der Waals surface area contributed by atoms with Crippen LogP contribution >= 0.6 is 11.3 Å². The SMILES string of the molecule is COC(=O)N1CCCC(C(=O)NCCc2cccs2)C1. The van der Waals surface area contributed by atoms with Crippen LogP contribution < -0.4 is 5.32 Å². The summed E-state index contributed by atoms with van der Waals surface area (Å²) in [4.78, 5) is 26.4. The Morgan fingerprint density at radius 1 is 1.55 bits per heavy atom. The van der Waals surface area contributed by atoms with Crippen molar-refractivity contribution in [3.05, 3.63) is 22.4 Å². The summed E-state index contributed by atoms with van der Waals surface area (Å²) < 4.78 is 4.70. The predicted octanol–water partition coefficient (Wildman–Crippen LogP) is 1.89. The molecule has 1 N–H and O–H groups in total. The summed E-state index contributed by atoms with van der Waals surface area (Å²) in [6.07, 6.45) is 2.19. The summed E-state index contributed by atoms with van der Waals surface area (Å²) >= 11 is 1.70.